The van der Waals surface area contributed by atoms with E-state index in [9.17, 15) is 19.5 Å². The highest BCUT2D eigenvalue weighted by Gasteiger charge is 2.23. The van der Waals surface area contributed by atoms with Crippen molar-refractivity contribution in [1.29, 1.82) is 0 Å². The van der Waals surface area contributed by atoms with Crippen LogP contribution in [0.15, 0.2) is 51.7 Å². The van der Waals surface area contributed by atoms with E-state index in [0.717, 1.165) is 18.8 Å². The lowest BCUT2D eigenvalue weighted by Crippen LogP contribution is -2.21. The molecule has 0 fully saturated rings. The third kappa shape index (κ3) is 4.44. The Bertz CT molecular complexity index is 1410. The molecule has 176 valence electrons. The van der Waals surface area contributed by atoms with Crippen LogP contribution in [0.3, 0.4) is 0 Å². The Kier molecular flexibility index (Phi) is 6.49. The molecule has 1 aliphatic carbocycles. The first-order valence-corrected chi connectivity index (χ1v) is 11.3. The molecule has 1 heterocycles. The summed E-state index contributed by atoms with van der Waals surface area (Å²) in [6, 6.07) is 12.1. The Hall–Kier alpha value is -3.94. The molecule has 2 aromatic rings. The summed E-state index contributed by atoms with van der Waals surface area (Å²) in [5.74, 6) is -2.56. The average Bonchev–Trinajstić information content (AvgIpc) is 2.81. The van der Waals surface area contributed by atoms with Gasteiger partial charge in [-0.3, -0.25) is 14.4 Å². The zero-order chi connectivity index (χ0) is 24.4. The molecule has 0 aromatic heterocycles. The molecule has 4 rings (SSSR count). The van der Waals surface area contributed by atoms with Gasteiger partial charge in [0.1, 0.15) is 11.2 Å². The Balaban J connectivity index is 1.85. The Labute approximate surface area is 195 Å². The van der Waals surface area contributed by atoms with E-state index in [0.29, 0.717) is 38.9 Å². The second kappa shape index (κ2) is 9.51. The zero-order valence-electron chi connectivity index (χ0n) is 19.1. The van der Waals surface area contributed by atoms with Gasteiger partial charge in [0.15, 0.2) is 16.8 Å². The number of hydrogen-bond acceptors (Lipinski definition) is 6. The molecule has 1 aliphatic heterocycles. The minimum absolute atomic E-state index is 0.104. The van der Waals surface area contributed by atoms with Crippen LogP contribution in [0.25, 0.3) is 33.3 Å². The zero-order valence-corrected chi connectivity index (χ0v) is 19.1. The van der Waals surface area contributed by atoms with Gasteiger partial charge in [0.25, 0.3) is 0 Å². The molecule has 1 atom stereocenters. The van der Waals surface area contributed by atoms with E-state index in [2.05, 4.69) is 18.7 Å². The molecular weight excluding hydrogens is 436 g/mol. The van der Waals surface area contributed by atoms with Crippen molar-refractivity contribution in [1.82, 2.24) is 4.98 Å². The molecule has 2 aromatic carbocycles. The SMILES string of the molecule is CCN(CC)c1ccc2nc3c4cc(C(CCCC(=O)O)C(=O)O)ccc4c(=O)cc-3oc2c1. The first kappa shape index (κ1) is 23.2. The lowest BCUT2D eigenvalue weighted by Gasteiger charge is -2.21. The quantitative estimate of drug-likeness (QED) is 0.271. The van der Waals surface area contributed by atoms with Crippen molar-refractivity contribution in [3.8, 4) is 11.5 Å². The maximum atomic E-state index is 12.8. The largest absolute Gasteiger partial charge is 0.481 e. The normalized spacial score (nSPS) is 12.3. The summed E-state index contributed by atoms with van der Waals surface area (Å²) in [6.07, 6.45) is 0.309. The first-order valence-electron chi connectivity index (χ1n) is 11.3. The predicted molar refractivity (Wildman–Crippen MR) is 130 cm³/mol. The number of carbonyl (C=O) groups is 2. The summed E-state index contributed by atoms with van der Waals surface area (Å²) >= 11 is 0. The highest BCUT2D eigenvalue weighted by molar-refractivity contribution is 5.97. The van der Waals surface area contributed by atoms with Crippen molar-refractivity contribution >= 4 is 39.5 Å². The van der Waals surface area contributed by atoms with Crippen LogP contribution in [0.5, 0.6) is 0 Å². The average molecular weight is 463 g/mol. The van der Waals surface area contributed by atoms with Crippen molar-refractivity contribution in [2.75, 3.05) is 18.0 Å². The molecule has 8 heteroatoms. The van der Waals surface area contributed by atoms with Crippen LogP contribution in [-0.4, -0.2) is 40.2 Å². The van der Waals surface area contributed by atoms with E-state index in [1.54, 1.807) is 18.2 Å². The number of hydrogen-bond donors (Lipinski definition) is 2. The number of aromatic nitrogens is 1. The number of aliphatic carboxylic acids is 2. The number of carboxylic acids is 2. The fraction of sp³-hybridized carbons (Fsp3) is 0.308. The number of nitrogens with zero attached hydrogens (tertiary/aromatic N) is 2. The van der Waals surface area contributed by atoms with Crippen LogP contribution < -0.4 is 10.3 Å². The van der Waals surface area contributed by atoms with E-state index < -0.39 is 17.9 Å². The summed E-state index contributed by atoms with van der Waals surface area (Å²) in [7, 11) is 0. The summed E-state index contributed by atoms with van der Waals surface area (Å²) in [4.78, 5) is 42.5. The molecule has 8 nitrogen and oxygen atoms in total. The number of benzene rings is 3. The van der Waals surface area contributed by atoms with Gasteiger partial charge in [-0.15, -0.1) is 0 Å². The second-order valence-electron chi connectivity index (χ2n) is 8.24. The van der Waals surface area contributed by atoms with Gasteiger partial charge in [-0.2, -0.15) is 0 Å². The van der Waals surface area contributed by atoms with Crippen molar-refractivity contribution in [2.24, 2.45) is 0 Å². The summed E-state index contributed by atoms with van der Waals surface area (Å²) < 4.78 is 6.08. The standard InChI is InChI=1S/C26H26N2O6/c1-3-28(4-2)16-9-11-20-22(13-16)34-23-14-21(29)18-10-8-15(12-19(18)25(23)27-20)17(26(32)33)6-5-7-24(30)31/h8-14,17H,3-7H2,1-2H3,(H,30,31)(H,32,33). The molecule has 0 amide bonds. The first-order chi connectivity index (χ1) is 16.3. The van der Waals surface area contributed by atoms with E-state index in [-0.39, 0.29) is 24.7 Å². The van der Waals surface area contributed by atoms with Gasteiger partial charge in [0.05, 0.1) is 5.92 Å². The van der Waals surface area contributed by atoms with Gasteiger partial charge in [-0.05, 0) is 50.5 Å². The van der Waals surface area contributed by atoms with Crippen LogP contribution in [0.4, 0.5) is 5.69 Å². The van der Waals surface area contributed by atoms with E-state index in [4.69, 9.17) is 14.5 Å². The number of carboxylic acid groups (broad SMARTS) is 2. The van der Waals surface area contributed by atoms with E-state index in [1.807, 2.05) is 18.2 Å². The molecule has 0 spiro atoms. The van der Waals surface area contributed by atoms with Crippen molar-refractivity contribution < 1.29 is 24.2 Å². The minimum atomic E-state index is -1.04. The second-order valence-corrected chi connectivity index (χ2v) is 8.24. The lowest BCUT2D eigenvalue weighted by atomic mass is 9.91. The van der Waals surface area contributed by atoms with E-state index in [1.165, 1.54) is 6.07 Å². The highest BCUT2D eigenvalue weighted by atomic mass is 16.4. The number of anilines is 1. The molecule has 0 radical (unpaired) electrons. The van der Waals surface area contributed by atoms with Gasteiger partial charge in [-0.1, -0.05) is 12.1 Å². The van der Waals surface area contributed by atoms with Gasteiger partial charge in [0, 0.05) is 48.1 Å². The fourth-order valence-electron chi connectivity index (χ4n) is 4.37. The maximum absolute atomic E-state index is 12.8. The van der Waals surface area contributed by atoms with Crippen LogP contribution in [-0.2, 0) is 9.59 Å². The molecule has 0 saturated heterocycles. The van der Waals surface area contributed by atoms with Crippen LogP contribution >= 0.6 is 0 Å². The molecule has 34 heavy (non-hydrogen) atoms. The summed E-state index contributed by atoms with van der Waals surface area (Å²) in [5, 5.41) is 19.6. The van der Waals surface area contributed by atoms with Gasteiger partial charge in [-0.25, -0.2) is 4.98 Å². The Morgan fingerprint density at radius 2 is 1.79 bits per heavy atom. The third-order valence-corrected chi connectivity index (χ3v) is 6.17. The van der Waals surface area contributed by atoms with Crippen molar-refractivity contribution in [2.45, 2.75) is 39.0 Å². The predicted octanol–water partition coefficient (Wildman–Crippen LogP) is 4.72. The Morgan fingerprint density at radius 3 is 2.47 bits per heavy atom. The maximum Gasteiger partial charge on any atom is 0.310 e. The van der Waals surface area contributed by atoms with Gasteiger partial charge >= 0.3 is 11.9 Å². The number of rotatable bonds is 9. The summed E-state index contributed by atoms with van der Waals surface area (Å²) in [6.45, 7) is 5.84. The fourth-order valence-corrected chi connectivity index (χ4v) is 4.37. The van der Waals surface area contributed by atoms with Gasteiger partial charge in [0.2, 0.25) is 0 Å². The van der Waals surface area contributed by atoms with Gasteiger partial charge < -0.3 is 19.5 Å². The topological polar surface area (TPSA) is 121 Å². The molecule has 0 bridgehead atoms. The molecule has 1 unspecified atom stereocenters. The highest BCUT2D eigenvalue weighted by Crippen LogP contribution is 2.34. The third-order valence-electron chi connectivity index (χ3n) is 6.17. The minimum Gasteiger partial charge on any atom is -0.481 e. The van der Waals surface area contributed by atoms with Crippen molar-refractivity contribution in [3.63, 3.8) is 0 Å². The van der Waals surface area contributed by atoms with E-state index >= 15 is 0 Å². The molecule has 2 aliphatic rings. The lowest BCUT2D eigenvalue weighted by molar-refractivity contribution is -0.140. The van der Waals surface area contributed by atoms with Crippen LogP contribution in [0.1, 0.15) is 44.6 Å². The van der Waals surface area contributed by atoms with Crippen LogP contribution in [0, 0.1) is 0 Å². The molecule has 2 N–H and O–H groups in total. The van der Waals surface area contributed by atoms with Crippen molar-refractivity contribution in [3.05, 3.63) is 58.3 Å². The molecular formula is C26H26N2O6. The van der Waals surface area contributed by atoms with Crippen LogP contribution in [0.2, 0.25) is 0 Å². The molecule has 0 saturated carbocycles. The smallest absolute Gasteiger partial charge is 0.310 e. The Morgan fingerprint density at radius 1 is 1.03 bits per heavy atom. The summed E-state index contributed by atoms with van der Waals surface area (Å²) in [5.41, 5.74) is 2.93. The monoisotopic (exact) mass is 462 g/mol. The number of fused-ring (bicyclic) bond motifs is 4.